The Morgan fingerprint density at radius 2 is 1.45 bits per heavy atom. The number of nitrogens with two attached hydrogens (primary N) is 1. The van der Waals surface area contributed by atoms with Crippen LogP contribution in [-0.2, 0) is 0 Å². The maximum absolute atomic E-state index is 6.43. The second kappa shape index (κ2) is 6.05. The molecular weight excluding hydrogens is 281 g/mol. The summed E-state index contributed by atoms with van der Waals surface area (Å²) in [6.07, 6.45) is 4.24. The normalized spacial score (nSPS) is 16.5. The fraction of sp³-hybridized carbons (Fsp3) is 0.765. The summed E-state index contributed by atoms with van der Waals surface area (Å²) in [7, 11) is 0. The third-order valence-electron chi connectivity index (χ3n) is 4.38. The minimum atomic E-state index is -2.03. The Balaban J connectivity index is 5.15. The van der Waals surface area contributed by atoms with Crippen molar-refractivity contribution >= 4 is 17.2 Å². The number of hydrogen-bond acceptors (Lipinski definition) is 2. The fourth-order valence-electron chi connectivity index (χ4n) is 1.18. The van der Waals surface area contributed by atoms with E-state index in [1.165, 1.54) is 5.57 Å². The van der Waals surface area contributed by atoms with Crippen molar-refractivity contribution in [2.45, 2.75) is 48.5 Å². The van der Waals surface area contributed by atoms with E-state index in [4.69, 9.17) is 5.73 Å². The van der Waals surface area contributed by atoms with Crippen LogP contribution < -0.4 is 5.73 Å². The van der Waals surface area contributed by atoms with E-state index in [-0.39, 0.29) is 0 Å². The van der Waals surface area contributed by atoms with Crippen molar-refractivity contribution in [2.75, 3.05) is 25.7 Å². The molecule has 0 saturated heterocycles. The standard InChI is InChI=1S/C17H36NPS/c1-14(2)11-12-15(18)19(8,9,10)20-13-17(6,7)16(3,4)5/h11-12H,13,18H2,1-10H3/b15-12-. The molecule has 0 aliphatic carbocycles. The van der Waals surface area contributed by atoms with Crippen LogP contribution in [0.1, 0.15) is 48.5 Å². The van der Waals surface area contributed by atoms with Crippen molar-refractivity contribution in [1.29, 1.82) is 0 Å². The van der Waals surface area contributed by atoms with Gasteiger partial charge in [-0.1, -0.05) is 0 Å². The monoisotopic (exact) mass is 317 g/mol. The van der Waals surface area contributed by atoms with Gasteiger partial charge in [0.05, 0.1) is 0 Å². The third-order valence-corrected chi connectivity index (χ3v) is 11.8. The summed E-state index contributed by atoms with van der Waals surface area (Å²) < 4.78 is 0. The van der Waals surface area contributed by atoms with E-state index < -0.39 is 5.81 Å². The van der Waals surface area contributed by atoms with Gasteiger partial charge in [0.2, 0.25) is 0 Å². The molecule has 2 N–H and O–H groups in total. The summed E-state index contributed by atoms with van der Waals surface area (Å²) in [4.78, 5) is 0. The first-order valence-electron chi connectivity index (χ1n) is 7.34. The van der Waals surface area contributed by atoms with Gasteiger partial charge in [-0.25, -0.2) is 0 Å². The SMILES string of the molecule is CC(C)=C/C=C(/N)P(C)(C)(C)SCC(C)(C)C(C)(C)C. The summed E-state index contributed by atoms with van der Waals surface area (Å²) >= 11 is 2.08. The van der Waals surface area contributed by atoms with Gasteiger partial charge in [0, 0.05) is 0 Å². The van der Waals surface area contributed by atoms with Crippen LogP contribution in [0.15, 0.2) is 23.2 Å². The molecule has 0 aromatic carbocycles. The van der Waals surface area contributed by atoms with Crippen molar-refractivity contribution in [2.24, 2.45) is 16.6 Å². The van der Waals surface area contributed by atoms with E-state index in [0.29, 0.717) is 10.8 Å². The van der Waals surface area contributed by atoms with Crippen molar-refractivity contribution < 1.29 is 0 Å². The third kappa shape index (κ3) is 5.82. The van der Waals surface area contributed by atoms with E-state index in [1.807, 2.05) is 0 Å². The van der Waals surface area contributed by atoms with Gasteiger partial charge in [-0.2, -0.15) is 0 Å². The molecule has 0 bridgehead atoms. The van der Waals surface area contributed by atoms with Gasteiger partial charge in [0.25, 0.3) is 0 Å². The molecule has 120 valence electrons. The van der Waals surface area contributed by atoms with Gasteiger partial charge in [-0.05, 0) is 0 Å². The minimum absolute atomic E-state index is 0.291. The summed E-state index contributed by atoms with van der Waals surface area (Å²) in [6.45, 7) is 23.0. The van der Waals surface area contributed by atoms with E-state index in [1.54, 1.807) is 0 Å². The van der Waals surface area contributed by atoms with E-state index in [0.717, 1.165) is 11.2 Å². The molecular formula is C17H36NPS. The summed E-state index contributed by atoms with van der Waals surface area (Å²) in [5.74, 6) is -0.888. The van der Waals surface area contributed by atoms with Crippen LogP contribution in [-0.4, -0.2) is 25.7 Å². The maximum atomic E-state index is 6.43. The molecule has 0 aromatic rings. The molecule has 0 amide bonds. The Morgan fingerprint density at radius 1 is 1.00 bits per heavy atom. The van der Waals surface area contributed by atoms with E-state index in [9.17, 15) is 0 Å². The first-order valence-corrected chi connectivity index (χ1v) is 12.5. The van der Waals surface area contributed by atoms with Crippen LogP contribution in [0.4, 0.5) is 0 Å². The van der Waals surface area contributed by atoms with Gasteiger partial charge in [0.1, 0.15) is 0 Å². The van der Waals surface area contributed by atoms with Crippen LogP contribution in [0.25, 0.3) is 0 Å². The van der Waals surface area contributed by atoms with Gasteiger partial charge in [-0.15, -0.1) is 0 Å². The second-order valence-electron chi connectivity index (χ2n) is 8.89. The van der Waals surface area contributed by atoms with Gasteiger partial charge in [-0.3, -0.25) is 0 Å². The quantitative estimate of drug-likeness (QED) is 0.503. The zero-order valence-corrected chi connectivity index (χ0v) is 17.0. The second-order valence-corrected chi connectivity index (χ2v) is 19.9. The molecule has 0 aliphatic heterocycles. The molecule has 0 rings (SSSR count). The Hall–Kier alpha value is 0.0600. The average Bonchev–Trinajstić information content (AvgIpc) is 2.21. The van der Waals surface area contributed by atoms with Crippen LogP contribution in [0.2, 0.25) is 0 Å². The predicted molar refractivity (Wildman–Crippen MR) is 102 cm³/mol. The zero-order valence-electron chi connectivity index (χ0n) is 15.3. The predicted octanol–water partition coefficient (Wildman–Crippen LogP) is 5.92. The number of rotatable bonds is 5. The Labute approximate surface area is 131 Å². The summed E-state index contributed by atoms with van der Waals surface area (Å²) in [6, 6.07) is 0. The van der Waals surface area contributed by atoms with Crippen molar-refractivity contribution in [1.82, 2.24) is 0 Å². The van der Waals surface area contributed by atoms with Gasteiger partial charge < -0.3 is 0 Å². The van der Waals surface area contributed by atoms with Crippen molar-refractivity contribution in [3.8, 4) is 0 Å². The fourth-order valence-corrected chi connectivity index (χ4v) is 6.08. The van der Waals surface area contributed by atoms with E-state index >= 15 is 0 Å². The molecule has 0 spiro atoms. The summed E-state index contributed by atoms with van der Waals surface area (Å²) in [5.41, 5.74) is 9.37. The molecule has 0 saturated carbocycles. The molecule has 0 atom stereocenters. The average molecular weight is 318 g/mol. The van der Waals surface area contributed by atoms with Gasteiger partial charge in [0.15, 0.2) is 0 Å². The van der Waals surface area contributed by atoms with Crippen molar-refractivity contribution in [3.05, 3.63) is 23.2 Å². The molecule has 3 heteroatoms. The van der Waals surface area contributed by atoms with E-state index in [2.05, 4.69) is 92.0 Å². The molecule has 20 heavy (non-hydrogen) atoms. The first kappa shape index (κ1) is 20.1. The Morgan fingerprint density at radius 3 is 1.80 bits per heavy atom. The molecule has 0 unspecified atom stereocenters. The number of allylic oxidation sites excluding steroid dienone is 3. The van der Waals surface area contributed by atoms with Crippen molar-refractivity contribution in [3.63, 3.8) is 0 Å². The molecule has 0 aliphatic rings. The molecule has 0 radical (unpaired) electrons. The molecule has 0 heterocycles. The first-order chi connectivity index (χ1) is 8.57. The summed E-state index contributed by atoms with van der Waals surface area (Å²) in [5, 5.41) is 0. The van der Waals surface area contributed by atoms with Crippen LogP contribution in [0.3, 0.4) is 0 Å². The van der Waals surface area contributed by atoms with Crippen LogP contribution in [0, 0.1) is 10.8 Å². The Bertz CT molecular complexity index is 399. The van der Waals surface area contributed by atoms with Crippen LogP contribution >= 0.6 is 17.2 Å². The Kier molecular flexibility index (Phi) is 6.07. The molecule has 0 fully saturated rings. The van der Waals surface area contributed by atoms with Crippen LogP contribution in [0.5, 0.6) is 0 Å². The number of hydrogen-bond donors (Lipinski definition) is 1. The zero-order chi connectivity index (χ0) is 16.4. The van der Waals surface area contributed by atoms with Gasteiger partial charge >= 0.3 is 131 Å². The molecule has 0 aromatic heterocycles. The molecule has 1 nitrogen and oxygen atoms in total. The topological polar surface area (TPSA) is 26.0 Å².